The Morgan fingerprint density at radius 3 is 2.92 bits per heavy atom. The molecule has 1 amide bonds. The van der Waals surface area contributed by atoms with Crippen LogP contribution >= 0.6 is 0 Å². The summed E-state index contributed by atoms with van der Waals surface area (Å²) in [6.07, 6.45) is 0.510. The number of amides is 1. The van der Waals surface area contributed by atoms with E-state index in [1.165, 1.54) is 5.01 Å². The summed E-state index contributed by atoms with van der Waals surface area (Å²) in [5, 5.41) is 10.7. The van der Waals surface area contributed by atoms with E-state index in [9.17, 15) is 9.90 Å². The maximum Gasteiger partial charge on any atom is 0.242 e. The van der Waals surface area contributed by atoms with E-state index >= 15 is 0 Å². The Labute approximate surface area is 75.8 Å². The molecule has 1 heterocycles. The number of rotatable bonds is 1. The number of nitrogens with zero attached hydrogens (tertiary/aromatic N) is 1. The molecule has 1 saturated heterocycles. The number of nitrogens with one attached hydrogen (secondary N) is 1. The summed E-state index contributed by atoms with van der Waals surface area (Å²) in [6.45, 7) is 0.661. The molecule has 1 fully saturated rings. The molecule has 0 radical (unpaired) electrons. The van der Waals surface area contributed by atoms with Gasteiger partial charge in [-0.15, -0.1) is 0 Å². The van der Waals surface area contributed by atoms with Crippen LogP contribution in [0.5, 0.6) is 5.75 Å². The van der Waals surface area contributed by atoms with Gasteiger partial charge in [-0.2, -0.15) is 0 Å². The third kappa shape index (κ3) is 1.48. The first kappa shape index (κ1) is 8.07. The molecular weight excluding hydrogens is 168 g/mol. The van der Waals surface area contributed by atoms with Crippen LogP contribution in [0.4, 0.5) is 5.69 Å². The Morgan fingerprint density at radius 2 is 2.31 bits per heavy atom. The lowest BCUT2D eigenvalue weighted by Gasteiger charge is -2.15. The topological polar surface area (TPSA) is 52.6 Å². The minimum absolute atomic E-state index is 0.0330. The Bertz CT molecular complexity index is 338. The summed E-state index contributed by atoms with van der Waals surface area (Å²) in [5.74, 6) is 0.199. The number of anilines is 1. The number of carbonyl (C=O) groups excluding carboxylic acids is 1. The lowest BCUT2D eigenvalue weighted by Crippen LogP contribution is -2.33. The molecule has 2 N–H and O–H groups in total. The molecule has 4 heteroatoms. The maximum atomic E-state index is 11.3. The summed E-state index contributed by atoms with van der Waals surface area (Å²) in [5.41, 5.74) is 3.61. The molecule has 0 spiro atoms. The van der Waals surface area contributed by atoms with Crippen LogP contribution in [0, 0.1) is 0 Å². The van der Waals surface area contributed by atoms with E-state index in [1.54, 1.807) is 24.3 Å². The van der Waals surface area contributed by atoms with Crippen LogP contribution in [0.3, 0.4) is 0 Å². The van der Waals surface area contributed by atoms with Gasteiger partial charge in [0, 0.05) is 19.0 Å². The summed E-state index contributed by atoms with van der Waals surface area (Å²) >= 11 is 0. The van der Waals surface area contributed by atoms with Gasteiger partial charge in [-0.25, -0.2) is 10.4 Å². The molecule has 1 aromatic carbocycles. The first-order chi connectivity index (χ1) is 6.27. The van der Waals surface area contributed by atoms with Gasteiger partial charge < -0.3 is 5.11 Å². The van der Waals surface area contributed by atoms with E-state index in [4.69, 9.17) is 0 Å². The fourth-order valence-corrected chi connectivity index (χ4v) is 1.34. The van der Waals surface area contributed by atoms with Crippen molar-refractivity contribution in [3.8, 4) is 5.75 Å². The Hall–Kier alpha value is -1.55. The normalized spacial score (nSPS) is 16.6. The lowest BCUT2D eigenvalue weighted by molar-refractivity contribution is -0.117. The molecule has 0 saturated carbocycles. The molecule has 0 aromatic heterocycles. The third-order valence-electron chi connectivity index (χ3n) is 1.95. The van der Waals surface area contributed by atoms with Crippen LogP contribution in [0.25, 0.3) is 0 Å². The molecule has 1 aromatic rings. The van der Waals surface area contributed by atoms with Gasteiger partial charge in [0.05, 0.1) is 5.69 Å². The van der Waals surface area contributed by atoms with Crippen molar-refractivity contribution in [2.24, 2.45) is 0 Å². The van der Waals surface area contributed by atoms with Gasteiger partial charge in [0.25, 0.3) is 0 Å². The predicted molar refractivity (Wildman–Crippen MR) is 48.2 cm³/mol. The van der Waals surface area contributed by atoms with Crippen molar-refractivity contribution in [2.75, 3.05) is 11.6 Å². The second kappa shape index (κ2) is 3.06. The molecule has 1 aliphatic heterocycles. The average molecular weight is 178 g/mol. The zero-order chi connectivity index (χ0) is 9.26. The van der Waals surface area contributed by atoms with E-state index in [-0.39, 0.29) is 11.7 Å². The Morgan fingerprint density at radius 1 is 1.46 bits per heavy atom. The molecule has 2 rings (SSSR count). The van der Waals surface area contributed by atoms with Gasteiger partial charge in [-0.1, -0.05) is 6.07 Å². The van der Waals surface area contributed by atoms with Crippen LogP contribution in [0.15, 0.2) is 24.3 Å². The fraction of sp³-hybridized carbons (Fsp3) is 0.222. The number of phenols is 1. The zero-order valence-electron chi connectivity index (χ0n) is 7.03. The molecule has 1 aliphatic rings. The average Bonchev–Trinajstić information content (AvgIpc) is 2.51. The highest BCUT2D eigenvalue weighted by Gasteiger charge is 2.21. The highest BCUT2D eigenvalue weighted by atomic mass is 16.3. The van der Waals surface area contributed by atoms with Crippen molar-refractivity contribution < 1.29 is 9.90 Å². The first-order valence-corrected chi connectivity index (χ1v) is 4.13. The second-order valence-corrected chi connectivity index (χ2v) is 2.91. The number of hydrogen-bond donors (Lipinski definition) is 2. The summed E-state index contributed by atoms with van der Waals surface area (Å²) in [4.78, 5) is 11.3. The summed E-state index contributed by atoms with van der Waals surface area (Å²) in [7, 11) is 0. The lowest BCUT2D eigenvalue weighted by atomic mass is 10.3. The van der Waals surface area contributed by atoms with E-state index < -0.39 is 0 Å². The van der Waals surface area contributed by atoms with E-state index in [2.05, 4.69) is 5.43 Å². The van der Waals surface area contributed by atoms with Crippen LogP contribution in [-0.2, 0) is 4.79 Å². The van der Waals surface area contributed by atoms with E-state index in [0.29, 0.717) is 18.7 Å². The van der Waals surface area contributed by atoms with Crippen LogP contribution in [0.1, 0.15) is 6.42 Å². The second-order valence-electron chi connectivity index (χ2n) is 2.91. The van der Waals surface area contributed by atoms with Gasteiger partial charge in [0.2, 0.25) is 5.91 Å². The van der Waals surface area contributed by atoms with Crippen LogP contribution in [0.2, 0.25) is 0 Å². The minimum atomic E-state index is 0.0330. The quantitative estimate of drug-likeness (QED) is 0.663. The largest absolute Gasteiger partial charge is 0.508 e. The third-order valence-corrected chi connectivity index (χ3v) is 1.95. The molecule has 0 atom stereocenters. The molecular formula is C9H10N2O2. The molecule has 0 bridgehead atoms. The maximum absolute atomic E-state index is 11.3. The van der Waals surface area contributed by atoms with Gasteiger partial charge in [-0.05, 0) is 12.1 Å². The SMILES string of the molecule is O=C1CCNN1c1cccc(O)c1. The van der Waals surface area contributed by atoms with E-state index in [1.807, 2.05) is 0 Å². The van der Waals surface area contributed by atoms with Crippen LogP contribution in [-0.4, -0.2) is 17.6 Å². The van der Waals surface area contributed by atoms with Crippen molar-refractivity contribution in [2.45, 2.75) is 6.42 Å². The molecule has 68 valence electrons. The van der Waals surface area contributed by atoms with Crippen molar-refractivity contribution >= 4 is 11.6 Å². The molecule has 4 nitrogen and oxygen atoms in total. The number of phenolic OH excluding ortho intramolecular Hbond substituents is 1. The summed E-state index contributed by atoms with van der Waals surface area (Å²) < 4.78 is 0. The summed E-state index contributed by atoms with van der Waals surface area (Å²) in [6, 6.07) is 6.61. The van der Waals surface area contributed by atoms with Crippen molar-refractivity contribution in [3.63, 3.8) is 0 Å². The first-order valence-electron chi connectivity index (χ1n) is 4.13. The fourth-order valence-electron chi connectivity index (χ4n) is 1.34. The number of benzene rings is 1. The Balaban J connectivity index is 2.29. The number of aromatic hydroxyl groups is 1. The number of hydrazine groups is 1. The highest BCUT2D eigenvalue weighted by molar-refractivity contribution is 5.94. The minimum Gasteiger partial charge on any atom is -0.508 e. The monoisotopic (exact) mass is 178 g/mol. The van der Waals surface area contributed by atoms with Crippen LogP contribution < -0.4 is 10.4 Å². The number of carbonyl (C=O) groups is 1. The van der Waals surface area contributed by atoms with Gasteiger partial charge >= 0.3 is 0 Å². The molecule has 0 unspecified atom stereocenters. The standard InChI is InChI=1S/C9H10N2O2/c12-8-3-1-2-7(6-8)11-9(13)4-5-10-11/h1-3,6,10,12H,4-5H2. The highest BCUT2D eigenvalue weighted by Crippen LogP contribution is 2.20. The van der Waals surface area contributed by atoms with Gasteiger partial charge in [0.1, 0.15) is 5.75 Å². The van der Waals surface area contributed by atoms with E-state index in [0.717, 1.165) is 0 Å². The molecule has 0 aliphatic carbocycles. The van der Waals surface area contributed by atoms with Crippen molar-refractivity contribution in [1.82, 2.24) is 5.43 Å². The Kier molecular flexibility index (Phi) is 1.90. The zero-order valence-corrected chi connectivity index (χ0v) is 7.03. The predicted octanol–water partition coefficient (Wildman–Crippen LogP) is 0.633. The smallest absolute Gasteiger partial charge is 0.242 e. The van der Waals surface area contributed by atoms with Gasteiger partial charge in [0.15, 0.2) is 0 Å². The number of hydrogen-bond acceptors (Lipinski definition) is 3. The van der Waals surface area contributed by atoms with Gasteiger partial charge in [-0.3, -0.25) is 4.79 Å². The van der Waals surface area contributed by atoms with Crippen molar-refractivity contribution in [3.05, 3.63) is 24.3 Å². The molecule has 13 heavy (non-hydrogen) atoms. The van der Waals surface area contributed by atoms with Crippen molar-refractivity contribution in [1.29, 1.82) is 0 Å².